The zero-order valence-corrected chi connectivity index (χ0v) is 9.62. The largest absolute Gasteiger partial charge is 0.397 e. The minimum absolute atomic E-state index is 0. The number of hydrogen-bond donors (Lipinski definition) is 2. The van der Waals surface area contributed by atoms with E-state index in [-0.39, 0.29) is 29.6 Å². The summed E-state index contributed by atoms with van der Waals surface area (Å²) >= 11 is 0. The molecule has 2 nitrogen and oxygen atoms in total. The van der Waals surface area contributed by atoms with Gasteiger partial charge in [-0.1, -0.05) is 30.3 Å². The monoisotopic (exact) mass is 181 g/mol. The fourth-order valence-corrected chi connectivity index (χ4v) is 1.31. The van der Waals surface area contributed by atoms with Gasteiger partial charge in [0.2, 0.25) is 0 Å². The van der Waals surface area contributed by atoms with Gasteiger partial charge in [0.1, 0.15) is 0 Å². The molecule has 0 aromatic heterocycles. The van der Waals surface area contributed by atoms with Gasteiger partial charge in [-0.15, -0.1) is 0 Å². The third-order valence-corrected chi connectivity index (χ3v) is 2.00. The maximum absolute atomic E-state index is 5.79. The third-order valence-electron chi connectivity index (χ3n) is 2.00. The Morgan fingerprint density at radius 2 is 1.54 bits per heavy atom. The zero-order chi connectivity index (χ0) is 8.55. The molecule has 4 N–H and O–H groups in total. The van der Waals surface area contributed by atoms with Gasteiger partial charge in [0.05, 0.1) is 11.4 Å². The Morgan fingerprint density at radius 1 is 0.846 bits per heavy atom. The number of hydrogen-bond acceptors (Lipinski definition) is 2. The Hall–Kier alpha value is -0.700. The summed E-state index contributed by atoms with van der Waals surface area (Å²) in [6.07, 6.45) is 0. The van der Waals surface area contributed by atoms with Crippen molar-refractivity contribution >= 4 is 51.7 Å². The van der Waals surface area contributed by atoms with Crippen LogP contribution in [-0.2, 0) is 0 Å². The molecule has 61 valence electrons. The van der Waals surface area contributed by atoms with Crippen LogP contribution in [-0.4, -0.2) is 29.6 Å². The van der Waals surface area contributed by atoms with E-state index in [1.54, 1.807) is 0 Å². The second-order valence-corrected chi connectivity index (χ2v) is 2.79. The van der Waals surface area contributed by atoms with E-state index in [4.69, 9.17) is 11.5 Å². The minimum Gasteiger partial charge on any atom is -0.397 e. The molecule has 1 radical (unpaired) electrons. The summed E-state index contributed by atoms with van der Waals surface area (Å²) in [5, 5.41) is 2.15. The van der Waals surface area contributed by atoms with Crippen molar-refractivity contribution in [1.29, 1.82) is 0 Å². The minimum atomic E-state index is 0. The molecule has 0 saturated heterocycles. The fourth-order valence-electron chi connectivity index (χ4n) is 1.31. The van der Waals surface area contributed by atoms with Crippen molar-refractivity contribution in [2.24, 2.45) is 0 Å². The van der Waals surface area contributed by atoms with Crippen molar-refractivity contribution in [3.8, 4) is 0 Å². The molecular formula is C10H10N2Na. The molecule has 0 aliphatic carbocycles. The number of benzene rings is 2. The molecule has 0 saturated carbocycles. The summed E-state index contributed by atoms with van der Waals surface area (Å²) in [6, 6.07) is 11.7. The molecule has 2 rings (SSSR count). The first-order valence-corrected chi connectivity index (χ1v) is 3.82. The summed E-state index contributed by atoms with van der Waals surface area (Å²) in [5.74, 6) is 0. The molecule has 0 amide bonds. The van der Waals surface area contributed by atoms with E-state index < -0.39 is 0 Å². The van der Waals surface area contributed by atoms with Crippen LogP contribution in [0.5, 0.6) is 0 Å². The topological polar surface area (TPSA) is 52.0 Å². The molecule has 0 unspecified atom stereocenters. The Balaban J connectivity index is 0.000000845. The zero-order valence-electron chi connectivity index (χ0n) is 7.62. The Kier molecular flexibility index (Phi) is 3.20. The second kappa shape index (κ2) is 4.01. The summed E-state index contributed by atoms with van der Waals surface area (Å²) < 4.78 is 0. The molecule has 2 aromatic carbocycles. The van der Waals surface area contributed by atoms with Crippen LogP contribution in [0.1, 0.15) is 0 Å². The van der Waals surface area contributed by atoms with Gasteiger partial charge in [-0.2, -0.15) is 0 Å². The van der Waals surface area contributed by atoms with E-state index in [0.717, 1.165) is 10.8 Å². The van der Waals surface area contributed by atoms with E-state index in [1.807, 2.05) is 36.4 Å². The van der Waals surface area contributed by atoms with Crippen molar-refractivity contribution < 1.29 is 0 Å². The standard InChI is InChI=1S/C10H10N2.Na/c11-9-6-5-7-3-1-2-4-8(7)10(9)12;/h1-6H,11-12H2;. The normalized spacial score (nSPS) is 9.54. The number of anilines is 2. The molecule has 0 heterocycles. The van der Waals surface area contributed by atoms with Gasteiger partial charge in [0, 0.05) is 34.9 Å². The molecule has 2 aromatic rings. The Bertz CT molecular complexity index is 426. The predicted octanol–water partition coefficient (Wildman–Crippen LogP) is 1.62. The first-order valence-electron chi connectivity index (χ1n) is 3.82. The first-order chi connectivity index (χ1) is 5.79. The van der Waals surface area contributed by atoms with Crippen LogP contribution in [0.2, 0.25) is 0 Å². The molecular weight excluding hydrogens is 171 g/mol. The smallest absolute Gasteiger partial charge is 0.0627 e. The molecule has 0 atom stereocenters. The molecule has 13 heavy (non-hydrogen) atoms. The molecule has 0 bridgehead atoms. The van der Waals surface area contributed by atoms with Crippen LogP contribution in [0.4, 0.5) is 11.4 Å². The molecule has 0 aliphatic heterocycles. The Labute approximate surface area is 99.2 Å². The summed E-state index contributed by atoms with van der Waals surface area (Å²) in [4.78, 5) is 0. The number of rotatable bonds is 0. The summed E-state index contributed by atoms with van der Waals surface area (Å²) in [6.45, 7) is 0. The van der Waals surface area contributed by atoms with Gasteiger partial charge in [-0.05, 0) is 11.5 Å². The van der Waals surface area contributed by atoms with Crippen LogP contribution >= 0.6 is 0 Å². The molecule has 0 spiro atoms. The van der Waals surface area contributed by atoms with Crippen molar-refractivity contribution in [2.75, 3.05) is 11.5 Å². The Morgan fingerprint density at radius 3 is 2.31 bits per heavy atom. The summed E-state index contributed by atoms with van der Waals surface area (Å²) in [5.41, 5.74) is 12.8. The van der Waals surface area contributed by atoms with Crippen LogP contribution < -0.4 is 11.5 Å². The maximum Gasteiger partial charge on any atom is 0.0627 e. The van der Waals surface area contributed by atoms with Gasteiger partial charge >= 0.3 is 0 Å². The number of fused-ring (bicyclic) bond motifs is 1. The van der Waals surface area contributed by atoms with E-state index in [1.165, 1.54) is 0 Å². The fraction of sp³-hybridized carbons (Fsp3) is 0. The van der Waals surface area contributed by atoms with Crippen molar-refractivity contribution in [1.82, 2.24) is 0 Å². The quantitative estimate of drug-likeness (QED) is 0.479. The second-order valence-electron chi connectivity index (χ2n) is 2.79. The van der Waals surface area contributed by atoms with Crippen molar-refractivity contribution in [3.05, 3.63) is 36.4 Å². The molecule has 0 fully saturated rings. The first kappa shape index (κ1) is 10.4. The van der Waals surface area contributed by atoms with Gasteiger partial charge in [0.25, 0.3) is 0 Å². The average molecular weight is 181 g/mol. The van der Waals surface area contributed by atoms with Crippen molar-refractivity contribution in [2.45, 2.75) is 0 Å². The van der Waals surface area contributed by atoms with E-state index in [2.05, 4.69) is 0 Å². The number of nitrogens with two attached hydrogens (primary N) is 2. The summed E-state index contributed by atoms with van der Waals surface area (Å²) in [7, 11) is 0. The van der Waals surface area contributed by atoms with Crippen LogP contribution in [0.3, 0.4) is 0 Å². The van der Waals surface area contributed by atoms with E-state index in [9.17, 15) is 0 Å². The average Bonchev–Trinajstić information content (AvgIpc) is 2.12. The number of nitrogen functional groups attached to an aromatic ring is 2. The third kappa shape index (κ3) is 1.80. The van der Waals surface area contributed by atoms with Crippen LogP contribution in [0.15, 0.2) is 36.4 Å². The van der Waals surface area contributed by atoms with E-state index in [0.29, 0.717) is 11.4 Å². The van der Waals surface area contributed by atoms with Gasteiger partial charge in [-0.3, -0.25) is 0 Å². The van der Waals surface area contributed by atoms with Crippen LogP contribution in [0.25, 0.3) is 10.8 Å². The maximum atomic E-state index is 5.79. The predicted molar refractivity (Wildman–Crippen MR) is 58.5 cm³/mol. The van der Waals surface area contributed by atoms with Crippen LogP contribution in [0, 0.1) is 0 Å². The van der Waals surface area contributed by atoms with E-state index >= 15 is 0 Å². The molecule has 0 aliphatic rings. The van der Waals surface area contributed by atoms with Gasteiger partial charge in [0.15, 0.2) is 0 Å². The van der Waals surface area contributed by atoms with Gasteiger partial charge < -0.3 is 11.5 Å². The molecule has 3 heteroatoms. The SMILES string of the molecule is Nc1ccc2ccccc2c1N.[Na]. The van der Waals surface area contributed by atoms with Crippen molar-refractivity contribution in [3.63, 3.8) is 0 Å². The van der Waals surface area contributed by atoms with Gasteiger partial charge in [-0.25, -0.2) is 0 Å².